The molecule has 0 saturated carbocycles. The second kappa shape index (κ2) is 15.5. The third-order valence-corrected chi connectivity index (χ3v) is 5.68. The highest BCUT2D eigenvalue weighted by Crippen LogP contribution is 2.30. The Morgan fingerprint density at radius 2 is 1.60 bits per heavy atom. The summed E-state index contributed by atoms with van der Waals surface area (Å²) in [4.78, 5) is 1.20. The Labute approximate surface area is 159 Å². The zero-order valence-electron chi connectivity index (χ0n) is 16.1. The fourth-order valence-electron chi connectivity index (χ4n) is 2.97. The summed E-state index contributed by atoms with van der Waals surface area (Å²) in [5.41, 5.74) is 1.20. The van der Waals surface area contributed by atoms with E-state index in [0.29, 0.717) is 0 Å². The molecule has 1 atom stereocenters. The molecule has 2 nitrogen and oxygen atoms in total. The van der Waals surface area contributed by atoms with Crippen molar-refractivity contribution >= 4 is 11.8 Å². The molecule has 0 spiro atoms. The smallest absolute Gasteiger partial charge is 0.128 e. The van der Waals surface area contributed by atoms with Crippen molar-refractivity contribution < 1.29 is 9.84 Å². The van der Waals surface area contributed by atoms with Gasteiger partial charge in [-0.05, 0) is 30.5 Å². The second-order valence-electron chi connectivity index (χ2n) is 6.54. The van der Waals surface area contributed by atoms with Crippen LogP contribution in [0.3, 0.4) is 0 Å². The molecule has 1 N–H and O–H groups in total. The number of hydrogen-bond acceptors (Lipinski definition) is 3. The van der Waals surface area contributed by atoms with Crippen molar-refractivity contribution in [3.63, 3.8) is 0 Å². The van der Waals surface area contributed by atoms with Crippen molar-refractivity contribution in [3.05, 3.63) is 42.0 Å². The molecule has 3 heteroatoms. The van der Waals surface area contributed by atoms with Crippen LogP contribution in [-0.2, 0) is 4.74 Å². The Kier molecular flexibility index (Phi) is 13.8. The Hall–Kier alpha value is -0.770. The quantitative estimate of drug-likeness (QED) is 0.165. The maximum Gasteiger partial charge on any atom is 0.128 e. The molecule has 0 saturated heterocycles. The summed E-state index contributed by atoms with van der Waals surface area (Å²) < 4.78 is 5.69. The maximum absolute atomic E-state index is 9.35. The van der Waals surface area contributed by atoms with E-state index in [2.05, 4.69) is 19.1 Å². The molecule has 142 valence electrons. The van der Waals surface area contributed by atoms with Crippen LogP contribution in [0.2, 0.25) is 0 Å². The molecule has 1 aromatic carbocycles. The molecule has 0 bridgehead atoms. The van der Waals surface area contributed by atoms with Crippen LogP contribution in [0.1, 0.15) is 71.1 Å². The lowest BCUT2D eigenvalue weighted by Crippen LogP contribution is -2.10. The van der Waals surface area contributed by atoms with Crippen LogP contribution in [-0.4, -0.2) is 24.3 Å². The van der Waals surface area contributed by atoms with E-state index in [4.69, 9.17) is 4.74 Å². The summed E-state index contributed by atoms with van der Waals surface area (Å²) in [7, 11) is 1.75. The number of unbranched alkanes of at least 4 members (excludes halogenated alkanes) is 8. The van der Waals surface area contributed by atoms with E-state index in [1.807, 2.05) is 24.3 Å². The summed E-state index contributed by atoms with van der Waals surface area (Å²) in [6.07, 6.45) is 14.9. The van der Waals surface area contributed by atoms with Gasteiger partial charge in [-0.25, -0.2) is 0 Å². The van der Waals surface area contributed by atoms with Crippen LogP contribution in [0.25, 0.3) is 0 Å². The van der Waals surface area contributed by atoms with Crippen LogP contribution < -0.4 is 0 Å². The number of thioether (sulfide) groups is 1. The molecule has 0 aliphatic heterocycles. The second-order valence-corrected chi connectivity index (χ2v) is 7.67. The molecule has 0 heterocycles. The number of benzene rings is 1. The molecular formula is C22H36O2S. The van der Waals surface area contributed by atoms with Gasteiger partial charge in [-0.1, -0.05) is 94.3 Å². The van der Waals surface area contributed by atoms with Gasteiger partial charge < -0.3 is 9.84 Å². The molecule has 0 aliphatic carbocycles. The number of aliphatic hydroxyl groups excluding tert-OH is 1. The predicted octanol–water partition coefficient (Wildman–Crippen LogP) is 6.59. The first-order valence-electron chi connectivity index (χ1n) is 9.86. The van der Waals surface area contributed by atoms with Gasteiger partial charge in [0.1, 0.15) is 5.44 Å². The van der Waals surface area contributed by atoms with Crippen molar-refractivity contribution in [2.45, 2.75) is 81.5 Å². The Balaban J connectivity index is 2.29. The van der Waals surface area contributed by atoms with Crippen molar-refractivity contribution in [3.8, 4) is 0 Å². The third kappa shape index (κ3) is 10.7. The van der Waals surface area contributed by atoms with E-state index in [0.717, 1.165) is 6.42 Å². The normalized spacial score (nSPS) is 13.2. The fourth-order valence-corrected chi connectivity index (χ4v) is 3.99. The SMILES string of the molecule is CCCCCCCCCCC/C(=C/CO)C(OC)Sc1ccccc1. The largest absolute Gasteiger partial charge is 0.392 e. The van der Waals surface area contributed by atoms with Crippen molar-refractivity contribution in [2.75, 3.05) is 13.7 Å². The summed E-state index contributed by atoms with van der Waals surface area (Å²) in [6.45, 7) is 2.35. The Morgan fingerprint density at radius 3 is 2.16 bits per heavy atom. The average Bonchev–Trinajstić information content (AvgIpc) is 2.65. The fraction of sp³-hybridized carbons (Fsp3) is 0.636. The Bertz CT molecular complexity index is 445. The highest BCUT2D eigenvalue weighted by Gasteiger charge is 2.14. The molecular weight excluding hydrogens is 328 g/mol. The minimum absolute atomic E-state index is 0.0106. The maximum atomic E-state index is 9.35. The number of ether oxygens (including phenoxy) is 1. The number of aliphatic hydroxyl groups is 1. The van der Waals surface area contributed by atoms with Gasteiger partial charge in [-0.2, -0.15) is 0 Å². The van der Waals surface area contributed by atoms with Gasteiger partial charge >= 0.3 is 0 Å². The number of rotatable bonds is 15. The lowest BCUT2D eigenvalue weighted by atomic mass is 10.0. The minimum atomic E-state index is -0.0106. The van der Waals surface area contributed by atoms with Crippen LogP contribution in [0.15, 0.2) is 46.9 Å². The summed E-state index contributed by atoms with van der Waals surface area (Å²) in [6, 6.07) is 10.3. The zero-order valence-corrected chi connectivity index (χ0v) is 16.9. The highest BCUT2D eigenvalue weighted by molar-refractivity contribution is 8.00. The minimum Gasteiger partial charge on any atom is -0.392 e. The molecule has 0 aromatic heterocycles. The van der Waals surface area contributed by atoms with E-state index in [1.165, 1.54) is 68.3 Å². The lowest BCUT2D eigenvalue weighted by Gasteiger charge is -2.19. The summed E-state index contributed by atoms with van der Waals surface area (Å²) in [5, 5.41) is 9.35. The van der Waals surface area contributed by atoms with Crippen molar-refractivity contribution in [2.24, 2.45) is 0 Å². The molecule has 1 unspecified atom stereocenters. The van der Waals surface area contributed by atoms with E-state index in [9.17, 15) is 5.11 Å². The van der Waals surface area contributed by atoms with Crippen molar-refractivity contribution in [1.82, 2.24) is 0 Å². The topological polar surface area (TPSA) is 29.5 Å². The van der Waals surface area contributed by atoms with Crippen LogP contribution in [0.4, 0.5) is 0 Å². The first-order chi connectivity index (χ1) is 12.3. The van der Waals surface area contributed by atoms with Crippen LogP contribution in [0.5, 0.6) is 0 Å². The third-order valence-electron chi connectivity index (χ3n) is 4.43. The zero-order chi connectivity index (χ0) is 18.2. The highest BCUT2D eigenvalue weighted by atomic mass is 32.2. The lowest BCUT2D eigenvalue weighted by molar-refractivity contribution is 0.194. The van der Waals surface area contributed by atoms with Gasteiger partial charge in [0.05, 0.1) is 6.61 Å². The summed E-state index contributed by atoms with van der Waals surface area (Å²) in [5.74, 6) is 0. The van der Waals surface area contributed by atoms with Gasteiger partial charge in [0.15, 0.2) is 0 Å². The van der Waals surface area contributed by atoms with Gasteiger partial charge in [-0.15, -0.1) is 0 Å². The standard InChI is InChI=1S/C22H36O2S/c1-3-4-5-6-7-8-9-10-12-15-20(18-19-23)22(24-2)25-21-16-13-11-14-17-21/h11,13-14,16-18,22-23H,3-10,12,15,19H2,1-2H3/b20-18-. The monoisotopic (exact) mass is 364 g/mol. The van der Waals surface area contributed by atoms with Crippen LogP contribution in [0, 0.1) is 0 Å². The first-order valence-corrected chi connectivity index (χ1v) is 10.7. The van der Waals surface area contributed by atoms with E-state index in [1.54, 1.807) is 18.9 Å². The van der Waals surface area contributed by atoms with E-state index >= 15 is 0 Å². The van der Waals surface area contributed by atoms with E-state index in [-0.39, 0.29) is 12.0 Å². The van der Waals surface area contributed by atoms with Gasteiger partial charge in [0, 0.05) is 12.0 Å². The van der Waals surface area contributed by atoms with Crippen molar-refractivity contribution in [1.29, 1.82) is 0 Å². The summed E-state index contributed by atoms with van der Waals surface area (Å²) >= 11 is 1.71. The number of hydrogen-bond donors (Lipinski definition) is 1. The molecule has 25 heavy (non-hydrogen) atoms. The molecule has 1 aromatic rings. The average molecular weight is 365 g/mol. The van der Waals surface area contributed by atoms with Gasteiger partial charge in [0.25, 0.3) is 0 Å². The van der Waals surface area contributed by atoms with Gasteiger partial charge in [-0.3, -0.25) is 0 Å². The molecule has 0 amide bonds. The Morgan fingerprint density at radius 1 is 1.00 bits per heavy atom. The van der Waals surface area contributed by atoms with Crippen LogP contribution >= 0.6 is 11.8 Å². The molecule has 1 rings (SSSR count). The predicted molar refractivity (Wildman–Crippen MR) is 110 cm³/mol. The number of methoxy groups -OCH3 is 1. The molecule has 0 radical (unpaired) electrons. The van der Waals surface area contributed by atoms with E-state index < -0.39 is 0 Å². The van der Waals surface area contributed by atoms with Gasteiger partial charge in [0.2, 0.25) is 0 Å². The molecule has 0 fully saturated rings. The molecule has 0 aliphatic rings. The first kappa shape index (κ1) is 22.3.